The van der Waals surface area contributed by atoms with E-state index in [1.54, 1.807) is 18.2 Å². The molecule has 0 heterocycles. The molecule has 0 unspecified atom stereocenters. The maximum Gasteiger partial charge on any atom is 0.308 e. The summed E-state index contributed by atoms with van der Waals surface area (Å²) in [5.74, 6) is -0.398. The lowest BCUT2D eigenvalue weighted by molar-refractivity contribution is -0.131. The van der Waals surface area contributed by atoms with E-state index in [2.05, 4.69) is 5.32 Å². The number of nitrogens with one attached hydrogen (secondary N) is 1. The van der Waals surface area contributed by atoms with Crippen molar-refractivity contribution in [3.63, 3.8) is 0 Å². The Bertz CT molecular complexity index is 764. The van der Waals surface area contributed by atoms with Gasteiger partial charge in [-0.2, -0.15) is 5.26 Å². The molecule has 1 N–H and O–H groups in total. The molecule has 0 aliphatic rings. The summed E-state index contributed by atoms with van der Waals surface area (Å²) >= 11 is 5.91. The minimum Gasteiger partial charge on any atom is -0.427 e. The van der Waals surface area contributed by atoms with Gasteiger partial charge in [-0.05, 0) is 42.5 Å². The van der Waals surface area contributed by atoms with Crippen LogP contribution >= 0.6 is 11.6 Å². The van der Waals surface area contributed by atoms with Crippen LogP contribution in [0.1, 0.15) is 22.8 Å². The van der Waals surface area contributed by atoms with Crippen molar-refractivity contribution in [1.82, 2.24) is 0 Å². The Balaban J connectivity index is 2.10. The number of nitriles is 1. The first-order chi connectivity index (χ1) is 10.5. The molecule has 2 aromatic rings. The summed E-state index contributed by atoms with van der Waals surface area (Å²) in [5, 5.41) is 11.7. The van der Waals surface area contributed by atoms with Crippen molar-refractivity contribution in [2.75, 3.05) is 5.32 Å². The standard InChI is InChI=1S/C16H11ClN2O3/c1-10(20)22-14-6-3-11(4-7-14)16(21)19-13-5-2-12(9-18)15(17)8-13/h2-8H,1H3,(H,19,21). The second-order valence-corrected chi connectivity index (χ2v) is 4.79. The largest absolute Gasteiger partial charge is 0.427 e. The van der Waals surface area contributed by atoms with Gasteiger partial charge in [0.25, 0.3) is 5.91 Å². The van der Waals surface area contributed by atoms with Gasteiger partial charge in [-0.3, -0.25) is 9.59 Å². The van der Waals surface area contributed by atoms with E-state index in [0.29, 0.717) is 22.6 Å². The van der Waals surface area contributed by atoms with Crippen LogP contribution in [0.3, 0.4) is 0 Å². The van der Waals surface area contributed by atoms with Gasteiger partial charge in [-0.15, -0.1) is 0 Å². The normalized spacial score (nSPS) is 9.68. The van der Waals surface area contributed by atoms with Crippen LogP contribution in [0.2, 0.25) is 5.02 Å². The smallest absolute Gasteiger partial charge is 0.308 e. The highest BCUT2D eigenvalue weighted by molar-refractivity contribution is 6.32. The summed E-state index contributed by atoms with van der Waals surface area (Å²) < 4.78 is 4.89. The lowest BCUT2D eigenvalue weighted by Gasteiger charge is -2.07. The van der Waals surface area contributed by atoms with E-state index in [4.69, 9.17) is 21.6 Å². The summed E-state index contributed by atoms with van der Waals surface area (Å²) in [5.41, 5.74) is 1.22. The average molecular weight is 315 g/mol. The number of esters is 1. The van der Waals surface area contributed by atoms with E-state index >= 15 is 0 Å². The molecule has 0 saturated carbocycles. The number of carbonyl (C=O) groups excluding carboxylic acids is 2. The Morgan fingerprint density at radius 1 is 1.18 bits per heavy atom. The maximum atomic E-state index is 12.1. The van der Waals surface area contributed by atoms with E-state index < -0.39 is 5.97 Å². The Labute approximate surface area is 132 Å². The molecule has 0 saturated heterocycles. The topological polar surface area (TPSA) is 79.2 Å². The zero-order valence-electron chi connectivity index (χ0n) is 11.6. The van der Waals surface area contributed by atoms with Gasteiger partial charge in [-0.25, -0.2) is 0 Å². The number of hydrogen-bond acceptors (Lipinski definition) is 4. The van der Waals surface area contributed by atoms with Crippen LogP contribution in [0.4, 0.5) is 5.69 Å². The highest BCUT2D eigenvalue weighted by atomic mass is 35.5. The molecule has 2 rings (SSSR count). The first-order valence-corrected chi connectivity index (χ1v) is 6.67. The molecular weight excluding hydrogens is 304 g/mol. The van der Waals surface area contributed by atoms with Gasteiger partial charge >= 0.3 is 5.97 Å². The number of nitrogens with zero attached hydrogens (tertiary/aromatic N) is 1. The molecule has 1 amide bonds. The summed E-state index contributed by atoms with van der Waals surface area (Å²) in [4.78, 5) is 22.9. The second kappa shape index (κ2) is 6.74. The average Bonchev–Trinajstić information content (AvgIpc) is 2.47. The molecule has 0 aliphatic carbocycles. The van der Waals surface area contributed by atoms with Crippen LogP contribution < -0.4 is 10.1 Å². The van der Waals surface area contributed by atoms with Gasteiger partial charge in [0.05, 0.1) is 10.6 Å². The van der Waals surface area contributed by atoms with Crippen molar-refractivity contribution in [1.29, 1.82) is 5.26 Å². The molecule has 2 aromatic carbocycles. The summed E-state index contributed by atoms with van der Waals surface area (Å²) in [7, 11) is 0. The number of hydrogen-bond donors (Lipinski definition) is 1. The van der Waals surface area contributed by atoms with Crippen molar-refractivity contribution in [3.8, 4) is 11.8 Å². The zero-order valence-corrected chi connectivity index (χ0v) is 12.3. The fraction of sp³-hybridized carbons (Fsp3) is 0.0625. The van der Waals surface area contributed by atoms with Gasteiger partial charge in [-0.1, -0.05) is 11.6 Å². The van der Waals surface area contributed by atoms with E-state index in [-0.39, 0.29) is 10.9 Å². The van der Waals surface area contributed by atoms with Crippen LogP contribution in [0.15, 0.2) is 42.5 Å². The minimum absolute atomic E-state index is 0.269. The van der Waals surface area contributed by atoms with Gasteiger partial charge < -0.3 is 10.1 Å². The number of carbonyl (C=O) groups is 2. The minimum atomic E-state index is -0.426. The van der Waals surface area contributed by atoms with Gasteiger partial charge in [0.15, 0.2) is 0 Å². The molecular formula is C16H11ClN2O3. The SMILES string of the molecule is CC(=O)Oc1ccc(C(=O)Nc2ccc(C#N)c(Cl)c2)cc1. The molecule has 0 bridgehead atoms. The first-order valence-electron chi connectivity index (χ1n) is 6.29. The molecule has 6 heteroatoms. The zero-order chi connectivity index (χ0) is 16.1. The molecule has 5 nitrogen and oxygen atoms in total. The predicted octanol–water partition coefficient (Wildman–Crippen LogP) is 3.39. The van der Waals surface area contributed by atoms with Gasteiger partial charge in [0.2, 0.25) is 0 Å². The lowest BCUT2D eigenvalue weighted by atomic mass is 10.2. The third-order valence-corrected chi connectivity index (χ3v) is 3.04. The van der Waals surface area contributed by atoms with E-state index in [1.807, 2.05) is 6.07 Å². The highest BCUT2D eigenvalue weighted by Gasteiger charge is 2.08. The summed E-state index contributed by atoms with van der Waals surface area (Å²) in [6.07, 6.45) is 0. The number of anilines is 1. The molecule has 0 atom stereocenters. The Morgan fingerprint density at radius 3 is 2.41 bits per heavy atom. The molecule has 0 radical (unpaired) electrons. The quantitative estimate of drug-likeness (QED) is 0.695. The van der Waals surface area contributed by atoms with E-state index in [0.717, 1.165) is 0 Å². The molecule has 0 aromatic heterocycles. The van der Waals surface area contributed by atoms with Crippen molar-refractivity contribution >= 4 is 29.2 Å². The van der Waals surface area contributed by atoms with Gasteiger partial charge in [0, 0.05) is 18.2 Å². The molecule has 0 aliphatic heterocycles. The maximum absolute atomic E-state index is 12.1. The first kappa shape index (κ1) is 15.5. The van der Waals surface area contributed by atoms with Crippen LogP contribution in [0, 0.1) is 11.3 Å². The highest BCUT2D eigenvalue weighted by Crippen LogP contribution is 2.21. The van der Waals surface area contributed by atoms with E-state index in [9.17, 15) is 9.59 Å². The van der Waals surface area contributed by atoms with Crippen LogP contribution in [-0.2, 0) is 4.79 Å². The third kappa shape index (κ3) is 3.84. The molecule has 0 spiro atoms. The predicted molar refractivity (Wildman–Crippen MR) is 81.9 cm³/mol. The fourth-order valence-electron chi connectivity index (χ4n) is 1.73. The Hall–Kier alpha value is -2.84. The lowest BCUT2D eigenvalue weighted by Crippen LogP contribution is -2.12. The Kier molecular flexibility index (Phi) is 4.77. The number of ether oxygens (including phenoxy) is 1. The Morgan fingerprint density at radius 2 is 1.86 bits per heavy atom. The van der Waals surface area contributed by atoms with E-state index in [1.165, 1.54) is 31.2 Å². The number of amides is 1. The molecule has 0 fully saturated rings. The van der Waals surface area contributed by atoms with Crippen LogP contribution in [0.5, 0.6) is 5.75 Å². The van der Waals surface area contributed by atoms with Crippen molar-refractivity contribution in [3.05, 3.63) is 58.6 Å². The molecule has 110 valence electrons. The third-order valence-electron chi connectivity index (χ3n) is 2.73. The number of benzene rings is 2. The van der Waals surface area contributed by atoms with Crippen LogP contribution in [-0.4, -0.2) is 11.9 Å². The molecule has 22 heavy (non-hydrogen) atoms. The summed E-state index contributed by atoms with van der Waals surface area (Å²) in [6.45, 7) is 1.30. The summed E-state index contributed by atoms with van der Waals surface area (Å²) in [6, 6.07) is 12.7. The van der Waals surface area contributed by atoms with Crippen molar-refractivity contribution in [2.24, 2.45) is 0 Å². The monoisotopic (exact) mass is 314 g/mol. The van der Waals surface area contributed by atoms with Crippen molar-refractivity contribution in [2.45, 2.75) is 6.92 Å². The second-order valence-electron chi connectivity index (χ2n) is 4.38. The number of rotatable bonds is 3. The number of halogens is 1. The van der Waals surface area contributed by atoms with Gasteiger partial charge in [0.1, 0.15) is 11.8 Å². The van der Waals surface area contributed by atoms with Crippen molar-refractivity contribution < 1.29 is 14.3 Å². The van der Waals surface area contributed by atoms with Crippen LogP contribution in [0.25, 0.3) is 0 Å². The fourth-order valence-corrected chi connectivity index (χ4v) is 1.95.